The minimum atomic E-state index is -0.196. The second-order valence-electron chi connectivity index (χ2n) is 33.4. The van der Waals surface area contributed by atoms with E-state index in [0.717, 1.165) is 83.7 Å². The Kier molecular flexibility index (Phi) is 13.2. The minimum absolute atomic E-state index is 0.0906. The molecule has 1 N–H and O–H groups in total. The smallest absolute Gasteiger partial charge is 0.0979 e. The molecular formula is C104H78N4. The van der Waals surface area contributed by atoms with Crippen LogP contribution in [-0.4, -0.2) is 16.2 Å². The molecule has 4 heteroatoms. The average molecular weight is 1380 g/mol. The first-order chi connectivity index (χ1) is 52.5. The van der Waals surface area contributed by atoms with E-state index in [1.165, 1.54) is 144 Å². The van der Waals surface area contributed by atoms with Crippen molar-refractivity contribution in [1.82, 2.24) is 9.97 Å². The number of nitrogens with zero attached hydrogens (tertiary/aromatic N) is 3. The molecule has 1 aromatic heterocycles. The molecule has 5 aliphatic carbocycles. The molecule has 108 heavy (non-hydrogen) atoms. The summed E-state index contributed by atoms with van der Waals surface area (Å²) in [5, 5.41) is 13.4. The molecule has 0 amide bonds. The van der Waals surface area contributed by atoms with Crippen LogP contribution >= 0.6 is 0 Å². The van der Waals surface area contributed by atoms with Crippen molar-refractivity contribution in [3.63, 3.8) is 0 Å². The van der Waals surface area contributed by atoms with Gasteiger partial charge in [-0.25, -0.2) is 4.98 Å². The van der Waals surface area contributed by atoms with E-state index in [4.69, 9.17) is 15.0 Å². The number of nitrogens with one attached hydrogen (secondary N) is 1. The zero-order valence-corrected chi connectivity index (χ0v) is 62.0. The fourth-order valence-corrected chi connectivity index (χ4v) is 20.2. The van der Waals surface area contributed by atoms with Crippen LogP contribution in [0.4, 0.5) is 11.4 Å². The number of benzene rings is 15. The van der Waals surface area contributed by atoms with Gasteiger partial charge in [0.15, 0.2) is 0 Å². The van der Waals surface area contributed by atoms with Crippen LogP contribution in [0.2, 0.25) is 0 Å². The summed E-state index contributed by atoms with van der Waals surface area (Å²) in [5.74, 6) is 0.0906. The summed E-state index contributed by atoms with van der Waals surface area (Å²) in [6.45, 7) is 18.9. The second-order valence-corrected chi connectivity index (χ2v) is 33.4. The Bertz CT molecular complexity index is 6820. The van der Waals surface area contributed by atoms with E-state index in [1.54, 1.807) is 0 Å². The number of aliphatic imine (C=N–C) groups is 1. The molecule has 1 aliphatic heterocycles. The van der Waals surface area contributed by atoms with Crippen LogP contribution in [0.1, 0.15) is 135 Å². The Morgan fingerprint density at radius 3 is 1.16 bits per heavy atom. The second kappa shape index (κ2) is 22.6. The van der Waals surface area contributed by atoms with Gasteiger partial charge in [0.25, 0.3) is 0 Å². The molecular weight excluding hydrogens is 1310 g/mol. The predicted molar refractivity (Wildman–Crippen MR) is 453 cm³/mol. The molecule has 22 rings (SSSR count). The van der Waals surface area contributed by atoms with Gasteiger partial charge in [-0.3, -0.25) is 9.98 Å². The molecule has 0 spiro atoms. The first kappa shape index (κ1) is 63.0. The van der Waals surface area contributed by atoms with Gasteiger partial charge >= 0.3 is 0 Å². The van der Waals surface area contributed by atoms with E-state index in [1.807, 2.05) is 6.20 Å². The summed E-state index contributed by atoms with van der Waals surface area (Å²) < 4.78 is 0. The van der Waals surface area contributed by atoms with Gasteiger partial charge in [-0.1, -0.05) is 292 Å². The molecule has 2 unspecified atom stereocenters. The third-order valence-corrected chi connectivity index (χ3v) is 26.1. The third kappa shape index (κ3) is 9.07. The summed E-state index contributed by atoms with van der Waals surface area (Å²) in [7, 11) is 0. The summed E-state index contributed by atoms with van der Waals surface area (Å²) in [4.78, 5) is 16.9. The predicted octanol–water partition coefficient (Wildman–Crippen LogP) is 27.1. The molecule has 2 heterocycles. The first-order valence-corrected chi connectivity index (χ1v) is 38.5. The molecule has 0 saturated heterocycles. The zero-order chi connectivity index (χ0) is 72.4. The van der Waals surface area contributed by atoms with Gasteiger partial charge in [0, 0.05) is 55.3 Å². The van der Waals surface area contributed by atoms with Crippen molar-refractivity contribution in [3.05, 3.63) is 353 Å². The summed E-state index contributed by atoms with van der Waals surface area (Å²) in [6.07, 6.45) is 12.0. The quantitative estimate of drug-likeness (QED) is 0.162. The number of rotatable bonds is 7. The Hall–Kier alpha value is -12.4. The van der Waals surface area contributed by atoms with Crippen LogP contribution < -0.4 is 5.32 Å². The van der Waals surface area contributed by atoms with Crippen molar-refractivity contribution in [2.75, 3.05) is 5.32 Å². The van der Waals surface area contributed by atoms with E-state index in [2.05, 4.69) is 352 Å². The standard InChI is InChI=1S/C104H78N4/c1-101(2)87-27-13-9-23-75(87)79-43-35-65(53-91(79)101)61-31-39-71-73-41-33-63(67-37-45-81-77-25-11-15-29-89(77)103(5,6)93(81)55-67)51-85(73)99-97(83(71)49-61)105-57-95(107-99)69-21-17-19-59(47-69)60-20-18-22-70(48-60)96-58-106-98-84-50-62(66-36-44-80-76-24-10-14-28-88(76)102(3,4)92(80)54-66)32-40-72(84)74-42-34-64(52-86(74)100(98)108-96)68-38-46-82-78-26-12-16-30-90(78)104(7,8)94(82)56-68/h9-19,21-58,60,95,107H,20H2,1-8H3. The highest BCUT2D eigenvalue weighted by molar-refractivity contribution is 6.25. The van der Waals surface area contributed by atoms with E-state index in [-0.39, 0.29) is 33.6 Å². The lowest BCUT2D eigenvalue weighted by Crippen LogP contribution is -2.16. The van der Waals surface area contributed by atoms with Crippen LogP contribution in [0.15, 0.2) is 296 Å². The number of hydrogen-bond donors (Lipinski definition) is 1. The van der Waals surface area contributed by atoms with Crippen molar-refractivity contribution >= 4 is 77.3 Å². The fraction of sp³-hybridized carbons (Fsp3) is 0.144. The minimum Gasteiger partial charge on any atom is -0.371 e. The third-order valence-electron chi connectivity index (χ3n) is 26.1. The van der Waals surface area contributed by atoms with Gasteiger partial charge in [0.2, 0.25) is 0 Å². The van der Waals surface area contributed by atoms with Crippen molar-refractivity contribution in [2.24, 2.45) is 4.99 Å². The van der Waals surface area contributed by atoms with E-state index in [0.29, 0.717) is 0 Å². The van der Waals surface area contributed by atoms with Crippen molar-refractivity contribution in [1.29, 1.82) is 0 Å². The highest BCUT2D eigenvalue weighted by Gasteiger charge is 2.40. The fourth-order valence-electron chi connectivity index (χ4n) is 20.2. The number of aromatic nitrogens is 2. The van der Waals surface area contributed by atoms with Gasteiger partial charge in [0.1, 0.15) is 0 Å². The van der Waals surface area contributed by atoms with Gasteiger partial charge in [-0.2, -0.15) is 0 Å². The van der Waals surface area contributed by atoms with Crippen molar-refractivity contribution in [3.8, 4) is 89.0 Å². The van der Waals surface area contributed by atoms with E-state index < -0.39 is 0 Å². The van der Waals surface area contributed by atoms with Crippen LogP contribution in [0.5, 0.6) is 0 Å². The Balaban J connectivity index is 0.640. The maximum atomic E-state index is 5.79. The molecule has 4 nitrogen and oxygen atoms in total. The SMILES string of the molecule is CC1(C)c2ccccc2-c2ccc(-c3ccc4c(c3)c3c(c5cc(-c6ccc7c(c6)C(C)(C)c6ccccc6-7)ccc54)NC(c4cccc(C5C=C(c6cnc7c8cc(-c9ccc%10c(c9)C(C)(C)c9ccccc9-%10)ccc8c8ccc(-c9ccc%10c(c9)C(C)(C)c9ccccc9-%10)cc8c7n6)C=CC5)c4)C=N3)cc21. The lowest BCUT2D eigenvalue weighted by Gasteiger charge is -2.27. The van der Waals surface area contributed by atoms with Gasteiger partial charge in [0.05, 0.1) is 40.3 Å². The van der Waals surface area contributed by atoms with Crippen LogP contribution in [0.25, 0.3) is 149 Å². The van der Waals surface area contributed by atoms with Crippen LogP contribution in [0, 0.1) is 0 Å². The molecule has 6 aliphatic rings. The maximum Gasteiger partial charge on any atom is 0.0979 e. The van der Waals surface area contributed by atoms with Crippen molar-refractivity contribution < 1.29 is 0 Å². The molecule has 15 aromatic carbocycles. The average Bonchev–Trinajstić information content (AvgIpc) is 1.62. The Morgan fingerprint density at radius 1 is 0.324 bits per heavy atom. The molecule has 2 atom stereocenters. The molecule has 514 valence electrons. The summed E-state index contributed by atoms with van der Waals surface area (Å²) >= 11 is 0. The Morgan fingerprint density at radius 2 is 0.694 bits per heavy atom. The normalized spacial score (nSPS) is 17.2. The van der Waals surface area contributed by atoms with Crippen molar-refractivity contribution in [2.45, 2.75) is 95.4 Å². The van der Waals surface area contributed by atoms with Gasteiger partial charge < -0.3 is 5.32 Å². The summed E-state index contributed by atoms with van der Waals surface area (Å²) in [6, 6.07) is 101. The molecule has 0 bridgehead atoms. The lowest BCUT2D eigenvalue weighted by atomic mass is 9.81. The topological polar surface area (TPSA) is 50.2 Å². The highest BCUT2D eigenvalue weighted by Crippen LogP contribution is 2.56. The monoisotopic (exact) mass is 1380 g/mol. The largest absolute Gasteiger partial charge is 0.371 e. The molecule has 0 radical (unpaired) electrons. The van der Waals surface area contributed by atoms with Crippen LogP contribution in [0.3, 0.4) is 0 Å². The first-order valence-electron chi connectivity index (χ1n) is 38.5. The number of fused-ring (bicyclic) bond motifs is 24. The van der Waals surface area contributed by atoms with E-state index >= 15 is 0 Å². The zero-order valence-electron chi connectivity index (χ0n) is 62.0. The van der Waals surface area contributed by atoms with Crippen LogP contribution in [-0.2, 0) is 21.7 Å². The Labute approximate surface area is 630 Å². The van der Waals surface area contributed by atoms with E-state index in [9.17, 15) is 0 Å². The lowest BCUT2D eigenvalue weighted by molar-refractivity contribution is 0.660. The van der Waals surface area contributed by atoms with Gasteiger partial charge in [-0.15, -0.1) is 0 Å². The number of anilines is 1. The molecule has 0 fully saturated rings. The summed E-state index contributed by atoms with van der Waals surface area (Å²) in [5.41, 5.74) is 38.8. The highest BCUT2D eigenvalue weighted by atomic mass is 15.0. The number of hydrogen-bond acceptors (Lipinski definition) is 4. The molecule has 16 aromatic rings. The molecule has 0 saturated carbocycles. The van der Waals surface area contributed by atoms with Gasteiger partial charge in [-0.05, 0) is 227 Å². The maximum absolute atomic E-state index is 5.79. The number of allylic oxidation sites excluding steroid dienone is 4.